The number of aliphatic hydroxyl groups excluding tert-OH is 1. The van der Waals surface area contributed by atoms with Gasteiger partial charge in [0.15, 0.2) is 5.96 Å². The van der Waals surface area contributed by atoms with Crippen molar-refractivity contribution in [2.24, 2.45) is 27.9 Å². The summed E-state index contributed by atoms with van der Waals surface area (Å²) in [6.07, 6.45) is 3.48. The molecule has 27 heteroatoms. The van der Waals surface area contributed by atoms with Gasteiger partial charge in [-0.2, -0.15) is 25.3 Å². The lowest BCUT2D eigenvalue weighted by molar-refractivity contribution is -0.142. The van der Waals surface area contributed by atoms with Crippen molar-refractivity contribution in [3.63, 3.8) is 0 Å². The maximum Gasteiger partial charge on any atom is 0.246 e. The zero-order valence-electron chi connectivity index (χ0n) is 47.3. The number of amides is 9. The highest BCUT2D eigenvalue weighted by Gasteiger charge is 2.41. The third kappa shape index (κ3) is 20.9. The molecule has 84 heavy (non-hydrogen) atoms. The Labute approximate surface area is 499 Å². The molecule has 1 aliphatic carbocycles. The Morgan fingerprint density at radius 3 is 1.80 bits per heavy atom. The normalized spacial score (nSPS) is 17.4. The number of guanidine groups is 1. The van der Waals surface area contributed by atoms with Gasteiger partial charge < -0.3 is 80.0 Å². The van der Waals surface area contributed by atoms with Gasteiger partial charge in [-0.05, 0) is 86.4 Å². The first-order chi connectivity index (χ1) is 40.0. The van der Waals surface area contributed by atoms with Crippen molar-refractivity contribution in [3.05, 3.63) is 95.6 Å². The van der Waals surface area contributed by atoms with Crippen molar-refractivity contribution < 1.29 is 58.1 Å². The number of nitrogens with one attached hydrogen (secondary N) is 7. The minimum Gasteiger partial charge on any atom is -0.508 e. The summed E-state index contributed by atoms with van der Waals surface area (Å²) in [5.74, 6) is -6.98. The van der Waals surface area contributed by atoms with E-state index < -0.39 is 119 Å². The lowest BCUT2D eigenvalue weighted by atomic mass is 9.85. The molecule has 9 atom stereocenters. The Morgan fingerprint density at radius 2 is 1.21 bits per heavy atom. The van der Waals surface area contributed by atoms with Crippen LogP contribution in [-0.2, 0) is 62.4 Å². The number of carbonyl (C=O) groups excluding carboxylic acids is 9. The van der Waals surface area contributed by atoms with Crippen molar-refractivity contribution >= 4 is 84.4 Å². The topological polar surface area (TPSA) is 407 Å². The van der Waals surface area contributed by atoms with Crippen LogP contribution in [0.5, 0.6) is 11.5 Å². The molecule has 1 saturated heterocycles. The van der Waals surface area contributed by atoms with Gasteiger partial charge in [0.2, 0.25) is 53.2 Å². The molecule has 5 rings (SSSR count). The van der Waals surface area contributed by atoms with Crippen LogP contribution in [0, 0.1) is 0 Å². The second-order valence-corrected chi connectivity index (χ2v) is 22.5. The van der Waals surface area contributed by atoms with Crippen LogP contribution in [0.1, 0.15) is 87.8 Å². The number of rotatable bonds is 31. The Morgan fingerprint density at radius 1 is 0.679 bits per heavy atom. The van der Waals surface area contributed by atoms with E-state index in [0.29, 0.717) is 28.9 Å². The predicted octanol–water partition coefficient (Wildman–Crippen LogP) is -1.36. The van der Waals surface area contributed by atoms with E-state index in [4.69, 9.17) is 40.3 Å². The van der Waals surface area contributed by atoms with Gasteiger partial charge in [0.05, 0.1) is 13.2 Å². The van der Waals surface area contributed by atoms with Gasteiger partial charge in [-0.25, -0.2) is 0 Å². The molecule has 0 radical (unpaired) electrons. The highest BCUT2D eigenvalue weighted by molar-refractivity contribution is 7.81. The summed E-state index contributed by atoms with van der Waals surface area (Å²) < 4.78 is 4.75. The second-order valence-electron chi connectivity index (χ2n) is 21.2. The number of nitrogens with zero attached hydrogens (tertiary/aromatic N) is 2. The fraction of sp³-hybridized carbons (Fsp3) is 0.509. The molecule has 1 aliphatic heterocycles. The van der Waals surface area contributed by atoms with E-state index in [1.807, 2.05) is 0 Å². The standard InChI is InChI=1S/C57H81N13O12S2/c1-33(71)47(69-51(77)42(28-34-11-5-3-6-12-34)66-50(76)41(29-36-17-21-38(82-2)22-18-36)63-46(73)30-57(84)23-7-4-8-24-57)54(80)67-43(31-58)52(78)68-44(32-83)55(81)70-26-10-14-45(70)53(79)64-39(13-9-25-62-56(60)61)49(75)65-40(48(59)74)27-35-15-19-37(72)20-16-35/h3,5-6,11-12,15-22,33,39-45,47,71-72,83-84H,4,7-10,13-14,23-32,58H2,1-2H3,(H2,59,74)(H,63,73)(H,64,79)(H,65,75)(H,66,76)(H,67,80)(H,68,78)(H,69,77)(H4,60,61,62)/t33-,39+,40+,41+,42+,43+,44+,45+,47+/m1/s1. The molecule has 17 N–H and O–H groups in total. The number of thiol groups is 2. The van der Waals surface area contributed by atoms with E-state index in [1.54, 1.807) is 66.7 Å². The van der Waals surface area contributed by atoms with E-state index in [2.05, 4.69) is 54.8 Å². The van der Waals surface area contributed by atoms with Crippen LogP contribution in [0.15, 0.2) is 83.9 Å². The van der Waals surface area contributed by atoms with Crippen molar-refractivity contribution in [1.29, 1.82) is 0 Å². The minimum absolute atomic E-state index is 0.00329. The van der Waals surface area contributed by atoms with Crippen LogP contribution in [-0.4, -0.2) is 166 Å². The molecular weight excluding hydrogens is 1120 g/mol. The van der Waals surface area contributed by atoms with E-state index in [0.717, 1.165) is 32.1 Å². The first-order valence-corrected chi connectivity index (χ1v) is 29.0. The molecule has 3 aromatic carbocycles. The van der Waals surface area contributed by atoms with Crippen LogP contribution in [0.4, 0.5) is 0 Å². The van der Waals surface area contributed by atoms with Crippen LogP contribution in [0.25, 0.3) is 0 Å². The highest BCUT2D eigenvalue weighted by atomic mass is 32.1. The molecule has 0 spiro atoms. The maximum absolute atomic E-state index is 14.4. The number of primary amides is 1. The zero-order valence-corrected chi connectivity index (χ0v) is 49.1. The number of aliphatic hydroxyl groups is 1. The van der Waals surface area contributed by atoms with Crippen molar-refractivity contribution in [1.82, 2.24) is 42.1 Å². The summed E-state index contributed by atoms with van der Waals surface area (Å²) in [5.41, 5.74) is 24.5. The van der Waals surface area contributed by atoms with Crippen molar-refractivity contribution in [2.75, 3.05) is 32.5 Å². The van der Waals surface area contributed by atoms with Crippen LogP contribution in [0.3, 0.4) is 0 Å². The van der Waals surface area contributed by atoms with Gasteiger partial charge in [0.1, 0.15) is 59.8 Å². The van der Waals surface area contributed by atoms with Crippen LogP contribution in [0.2, 0.25) is 0 Å². The molecule has 0 bridgehead atoms. The number of nitrogens with two attached hydrogens (primary N) is 4. The second kappa shape index (κ2) is 33.0. The lowest BCUT2D eigenvalue weighted by Gasteiger charge is -2.32. The van der Waals surface area contributed by atoms with Gasteiger partial charge in [0.25, 0.3) is 0 Å². The molecule has 3 aromatic rings. The summed E-state index contributed by atoms with van der Waals surface area (Å²) in [6, 6.07) is 10.8. The third-order valence-corrected chi connectivity index (χ3v) is 15.6. The van der Waals surface area contributed by atoms with E-state index in [-0.39, 0.29) is 75.5 Å². The first-order valence-electron chi connectivity index (χ1n) is 28.0. The molecule has 25 nitrogen and oxygen atoms in total. The molecular formula is C57H81N13O12S2. The number of methoxy groups -OCH3 is 1. The molecule has 9 amide bonds. The van der Waals surface area contributed by atoms with E-state index >= 15 is 0 Å². The molecule has 0 aromatic heterocycles. The Kier molecular flexibility index (Phi) is 26.4. The Balaban J connectivity index is 1.27. The SMILES string of the molecule is COc1ccc(C[C@H](NC(=O)CC2(S)CCCCC2)C(=O)N[C@@H](Cc2ccccc2)C(=O)N[C@H](C(=O)N[C@@H](CN)C(=O)N[C@@H](CS)C(=O)N2CCC[C@H]2C(=O)N[C@@H](CCCN=C(N)N)C(=O)N[C@@H](Cc2ccc(O)cc2)C(N)=O)[C@@H](C)O)cc1. The van der Waals surface area contributed by atoms with Crippen LogP contribution >= 0.6 is 25.3 Å². The fourth-order valence-electron chi connectivity index (χ4n) is 9.99. The third-order valence-electron chi connectivity index (χ3n) is 14.6. The van der Waals surface area contributed by atoms with Gasteiger partial charge >= 0.3 is 0 Å². The number of carbonyl (C=O) groups is 9. The fourth-order valence-corrected chi connectivity index (χ4v) is 10.7. The van der Waals surface area contributed by atoms with Crippen LogP contribution < -0.4 is 64.9 Å². The smallest absolute Gasteiger partial charge is 0.246 e. The van der Waals surface area contributed by atoms with Gasteiger partial charge in [-0.1, -0.05) is 73.9 Å². The lowest BCUT2D eigenvalue weighted by Crippen LogP contribution is -2.63. The van der Waals surface area contributed by atoms with E-state index in [9.17, 15) is 53.4 Å². The van der Waals surface area contributed by atoms with Crippen molar-refractivity contribution in [2.45, 2.75) is 150 Å². The first kappa shape index (κ1) is 67.2. The number of aliphatic imine (C=N–C) groups is 1. The van der Waals surface area contributed by atoms with Gasteiger partial charge in [-0.15, -0.1) is 0 Å². The number of hydrogen-bond acceptors (Lipinski definition) is 16. The predicted molar refractivity (Wildman–Crippen MR) is 320 cm³/mol. The van der Waals surface area contributed by atoms with E-state index in [1.165, 1.54) is 31.1 Å². The number of ether oxygens (including phenoxy) is 1. The number of benzene rings is 3. The number of hydrogen-bond donors (Lipinski definition) is 15. The Hall–Kier alpha value is -7.62. The molecule has 0 unspecified atom stereocenters. The van der Waals surface area contributed by atoms with Gasteiger partial charge in [-0.3, -0.25) is 48.1 Å². The summed E-state index contributed by atoms with van der Waals surface area (Å²) >= 11 is 9.17. The average Bonchev–Trinajstić information content (AvgIpc) is 3.82. The maximum atomic E-state index is 14.4. The number of phenolic OH excluding ortho intramolecular Hbond substituents is 1. The number of phenols is 1. The number of aromatic hydroxyl groups is 1. The summed E-state index contributed by atoms with van der Waals surface area (Å²) in [5, 5.41) is 39.1. The number of likely N-dealkylation sites (tertiary alicyclic amines) is 1. The van der Waals surface area contributed by atoms with Gasteiger partial charge in [0, 0.05) is 55.8 Å². The monoisotopic (exact) mass is 1200 g/mol. The largest absolute Gasteiger partial charge is 0.508 e. The molecule has 1 saturated carbocycles. The van der Waals surface area contributed by atoms with Crippen molar-refractivity contribution in [3.8, 4) is 11.5 Å². The summed E-state index contributed by atoms with van der Waals surface area (Å²) in [6.45, 7) is 0.863. The highest BCUT2D eigenvalue weighted by Crippen LogP contribution is 2.36. The Bertz CT molecular complexity index is 2750. The minimum atomic E-state index is -1.73. The molecule has 1 heterocycles. The summed E-state index contributed by atoms with van der Waals surface area (Å²) in [7, 11) is 1.52. The molecule has 458 valence electrons. The average molecular weight is 1200 g/mol. The summed E-state index contributed by atoms with van der Waals surface area (Å²) in [4.78, 5) is 130. The molecule has 2 aliphatic rings. The quantitative estimate of drug-likeness (QED) is 0.0153. The zero-order chi connectivity index (χ0) is 61.5. The molecule has 2 fully saturated rings.